The van der Waals surface area contributed by atoms with Gasteiger partial charge in [-0.2, -0.15) is 0 Å². The number of ether oxygens (including phenoxy) is 2. The third-order valence-corrected chi connectivity index (χ3v) is 7.25. The number of piperidine rings is 1. The van der Waals surface area contributed by atoms with Gasteiger partial charge in [0.15, 0.2) is 11.5 Å². The zero-order valence-corrected chi connectivity index (χ0v) is 21.4. The number of likely N-dealkylation sites (tertiary alicyclic amines) is 1. The Bertz CT molecular complexity index is 1120. The molecule has 0 unspecified atom stereocenters. The fourth-order valence-electron chi connectivity index (χ4n) is 4.57. The van der Waals surface area contributed by atoms with Crippen LogP contribution in [0.1, 0.15) is 59.9 Å². The Morgan fingerprint density at radius 2 is 1.64 bits per heavy atom. The van der Waals surface area contributed by atoms with E-state index in [1.807, 2.05) is 45.9 Å². The van der Waals surface area contributed by atoms with Crippen LogP contribution in [0.4, 0.5) is 0 Å². The Labute approximate surface area is 212 Å². The molecule has 0 aliphatic carbocycles. The van der Waals surface area contributed by atoms with Crippen molar-refractivity contribution in [3.63, 3.8) is 0 Å². The van der Waals surface area contributed by atoms with E-state index in [9.17, 15) is 14.4 Å². The molecule has 0 spiro atoms. The van der Waals surface area contributed by atoms with Crippen molar-refractivity contribution in [2.75, 3.05) is 19.9 Å². The molecule has 2 aliphatic rings. The summed E-state index contributed by atoms with van der Waals surface area (Å²) in [6.07, 6.45) is 1.22. The van der Waals surface area contributed by atoms with E-state index in [0.717, 1.165) is 5.56 Å². The van der Waals surface area contributed by atoms with Crippen molar-refractivity contribution in [1.29, 1.82) is 0 Å². The highest BCUT2D eigenvalue weighted by Gasteiger charge is 2.35. The highest BCUT2D eigenvalue weighted by molar-refractivity contribution is 5.99. The van der Waals surface area contributed by atoms with Gasteiger partial charge in [0, 0.05) is 30.3 Å². The van der Waals surface area contributed by atoms with Gasteiger partial charge >= 0.3 is 0 Å². The van der Waals surface area contributed by atoms with Crippen LogP contribution in [0.2, 0.25) is 0 Å². The summed E-state index contributed by atoms with van der Waals surface area (Å²) < 4.78 is 10.7. The summed E-state index contributed by atoms with van der Waals surface area (Å²) in [5.41, 5.74) is 1.96. The zero-order chi connectivity index (χ0) is 25.8. The first kappa shape index (κ1) is 25.5. The number of hydrogen-bond donors (Lipinski definition) is 2. The van der Waals surface area contributed by atoms with E-state index in [2.05, 4.69) is 10.6 Å². The molecule has 0 bridgehead atoms. The topological polar surface area (TPSA) is 97.0 Å². The van der Waals surface area contributed by atoms with Crippen molar-refractivity contribution in [2.24, 2.45) is 11.8 Å². The van der Waals surface area contributed by atoms with Gasteiger partial charge in [-0.15, -0.1) is 0 Å². The molecule has 1 saturated heterocycles. The fraction of sp³-hybridized carbons (Fsp3) is 0.464. The first-order chi connectivity index (χ1) is 17.2. The second-order valence-corrected chi connectivity index (χ2v) is 10.0. The molecule has 4 rings (SSSR count). The van der Waals surface area contributed by atoms with Crippen molar-refractivity contribution >= 4 is 17.7 Å². The molecule has 1 fully saturated rings. The van der Waals surface area contributed by atoms with Crippen LogP contribution in [-0.2, 0) is 4.79 Å². The summed E-state index contributed by atoms with van der Waals surface area (Å²) in [6, 6.07) is 11.8. The molecule has 0 saturated carbocycles. The van der Waals surface area contributed by atoms with Crippen molar-refractivity contribution in [1.82, 2.24) is 15.5 Å². The van der Waals surface area contributed by atoms with Crippen molar-refractivity contribution in [3.8, 4) is 11.5 Å². The van der Waals surface area contributed by atoms with E-state index in [1.54, 1.807) is 29.2 Å². The van der Waals surface area contributed by atoms with E-state index in [4.69, 9.17) is 9.47 Å². The number of rotatable bonds is 7. The van der Waals surface area contributed by atoms with E-state index in [-0.39, 0.29) is 42.4 Å². The second kappa shape index (κ2) is 11.0. The molecule has 2 aromatic carbocycles. The molecule has 2 aromatic rings. The number of nitrogens with zero attached hydrogens (tertiary/aromatic N) is 1. The lowest BCUT2D eigenvalue weighted by Crippen LogP contribution is -2.55. The van der Waals surface area contributed by atoms with Gasteiger partial charge in [0.05, 0.1) is 0 Å². The highest BCUT2D eigenvalue weighted by Crippen LogP contribution is 2.33. The monoisotopic (exact) mass is 493 g/mol. The molecule has 2 N–H and O–H groups in total. The number of amides is 3. The Morgan fingerprint density at radius 1 is 0.944 bits per heavy atom. The van der Waals surface area contributed by atoms with Gasteiger partial charge < -0.3 is 25.0 Å². The average Bonchev–Trinajstić information content (AvgIpc) is 3.35. The number of aryl methyl sites for hydroxylation is 1. The summed E-state index contributed by atoms with van der Waals surface area (Å²) in [5.74, 6) is 0.874. The van der Waals surface area contributed by atoms with Crippen molar-refractivity contribution < 1.29 is 23.9 Å². The number of carbonyl (C=O) groups is 3. The van der Waals surface area contributed by atoms with E-state index in [0.29, 0.717) is 48.6 Å². The molecular formula is C28H35N3O5. The number of carbonyl (C=O) groups excluding carboxylic acids is 3. The molecule has 3 amide bonds. The summed E-state index contributed by atoms with van der Waals surface area (Å²) in [4.78, 5) is 41.3. The summed E-state index contributed by atoms with van der Waals surface area (Å²) in [7, 11) is 0. The number of benzene rings is 2. The molecule has 2 aliphatic heterocycles. The molecular weight excluding hydrogens is 458 g/mol. The molecule has 36 heavy (non-hydrogen) atoms. The van der Waals surface area contributed by atoms with E-state index in [1.165, 1.54) is 0 Å². The van der Waals surface area contributed by atoms with Gasteiger partial charge in [0.2, 0.25) is 12.7 Å². The highest BCUT2D eigenvalue weighted by atomic mass is 16.7. The van der Waals surface area contributed by atoms with Crippen LogP contribution < -0.4 is 20.1 Å². The molecule has 0 radical (unpaired) electrons. The zero-order valence-electron chi connectivity index (χ0n) is 21.4. The lowest BCUT2D eigenvalue weighted by molar-refractivity contribution is -0.125. The summed E-state index contributed by atoms with van der Waals surface area (Å²) in [6.45, 7) is 9.10. The minimum Gasteiger partial charge on any atom is -0.454 e. The SMILES string of the molecule is Cc1ccccc1C(=O)N[C@@H](C(=O)N[C@H](C)C(C)C)C1CCN(C(=O)c2ccc3c(c2)OCO3)CC1. The standard InChI is InChI=1S/C28H35N3O5/c1-17(2)19(4)29-27(33)25(30-26(32)22-8-6-5-7-18(22)3)20-11-13-31(14-12-20)28(34)21-9-10-23-24(15-21)36-16-35-23/h5-10,15,17,19-20,25H,11-14,16H2,1-4H3,(H,29,33)(H,30,32)/t19-,25-/m1/s1. The van der Waals surface area contributed by atoms with E-state index >= 15 is 0 Å². The average molecular weight is 494 g/mol. The quantitative estimate of drug-likeness (QED) is 0.615. The van der Waals surface area contributed by atoms with E-state index < -0.39 is 6.04 Å². The molecule has 8 nitrogen and oxygen atoms in total. The Hall–Kier alpha value is -3.55. The maximum atomic E-state index is 13.3. The van der Waals surface area contributed by atoms with Gasteiger partial charge in [-0.25, -0.2) is 0 Å². The Kier molecular flexibility index (Phi) is 7.82. The summed E-state index contributed by atoms with van der Waals surface area (Å²) >= 11 is 0. The van der Waals surface area contributed by atoms with Crippen LogP contribution in [0.3, 0.4) is 0 Å². The largest absolute Gasteiger partial charge is 0.454 e. The van der Waals surface area contributed by atoms with Crippen LogP contribution >= 0.6 is 0 Å². The first-order valence-corrected chi connectivity index (χ1v) is 12.6. The van der Waals surface area contributed by atoms with Crippen molar-refractivity contribution in [2.45, 2.75) is 52.6 Å². The van der Waals surface area contributed by atoms with Crippen LogP contribution in [0.15, 0.2) is 42.5 Å². The lowest BCUT2D eigenvalue weighted by atomic mass is 9.87. The second-order valence-electron chi connectivity index (χ2n) is 10.0. The normalized spacial score (nSPS) is 17.0. The lowest BCUT2D eigenvalue weighted by Gasteiger charge is -2.36. The third-order valence-electron chi connectivity index (χ3n) is 7.25. The van der Waals surface area contributed by atoms with Crippen LogP contribution in [0.5, 0.6) is 11.5 Å². The first-order valence-electron chi connectivity index (χ1n) is 12.6. The molecule has 2 heterocycles. The van der Waals surface area contributed by atoms with Crippen LogP contribution in [0.25, 0.3) is 0 Å². The summed E-state index contributed by atoms with van der Waals surface area (Å²) in [5, 5.41) is 6.08. The Balaban J connectivity index is 1.45. The van der Waals surface area contributed by atoms with Crippen LogP contribution in [-0.4, -0.2) is 54.6 Å². The predicted molar refractivity (Wildman–Crippen MR) is 136 cm³/mol. The smallest absolute Gasteiger partial charge is 0.253 e. The predicted octanol–water partition coefficient (Wildman–Crippen LogP) is 3.54. The molecule has 8 heteroatoms. The van der Waals surface area contributed by atoms with Gasteiger partial charge in [0.25, 0.3) is 11.8 Å². The number of nitrogens with one attached hydrogen (secondary N) is 2. The minimum absolute atomic E-state index is 0.0250. The fourth-order valence-corrected chi connectivity index (χ4v) is 4.57. The third kappa shape index (κ3) is 5.64. The minimum atomic E-state index is -0.680. The maximum absolute atomic E-state index is 13.3. The van der Waals surface area contributed by atoms with Gasteiger partial charge in [-0.3, -0.25) is 14.4 Å². The Morgan fingerprint density at radius 3 is 2.33 bits per heavy atom. The van der Waals surface area contributed by atoms with Gasteiger partial charge in [-0.1, -0.05) is 32.0 Å². The number of hydrogen-bond acceptors (Lipinski definition) is 5. The number of fused-ring (bicyclic) bond motifs is 1. The molecule has 2 atom stereocenters. The van der Waals surface area contributed by atoms with Crippen molar-refractivity contribution in [3.05, 3.63) is 59.2 Å². The van der Waals surface area contributed by atoms with Gasteiger partial charge in [-0.05, 0) is 68.4 Å². The maximum Gasteiger partial charge on any atom is 0.253 e. The van der Waals surface area contributed by atoms with Crippen LogP contribution in [0, 0.1) is 18.8 Å². The molecule has 0 aromatic heterocycles. The van der Waals surface area contributed by atoms with Gasteiger partial charge in [0.1, 0.15) is 6.04 Å². The molecule has 192 valence electrons.